The van der Waals surface area contributed by atoms with Crippen molar-refractivity contribution < 1.29 is 13.7 Å². The molecular formula is C20H40N2O3Si2. The van der Waals surface area contributed by atoms with Gasteiger partial charge in [0, 0.05) is 0 Å². The van der Waals surface area contributed by atoms with Gasteiger partial charge in [0.05, 0.1) is 31.2 Å². The smallest absolute Gasteiger partial charge is 0.192 e. The van der Waals surface area contributed by atoms with Crippen LogP contribution in [0.2, 0.25) is 36.3 Å². The summed E-state index contributed by atoms with van der Waals surface area (Å²) in [5.41, 5.74) is 2.81. The molecule has 2 N–H and O–H groups in total. The number of hydrogen-bond donors (Lipinski definition) is 1. The molecule has 1 aromatic heterocycles. The van der Waals surface area contributed by atoms with E-state index in [9.17, 15) is 0 Å². The van der Waals surface area contributed by atoms with Crippen molar-refractivity contribution in [2.24, 2.45) is 5.90 Å². The molecule has 0 atom stereocenters. The second-order valence-electron chi connectivity index (χ2n) is 10.4. The predicted octanol–water partition coefficient (Wildman–Crippen LogP) is 5.52. The lowest BCUT2D eigenvalue weighted by Gasteiger charge is -2.36. The van der Waals surface area contributed by atoms with Crippen LogP contribution in [0.5, 0.6) is 0 Å². The van der Waals surface area contributed by atoms with Crippen LogP contribution in [0, 0.1) is 0 Å². The molecule has 0 aliphatic carbocycles. The normalized spacial score (nSPS) is 13.9. The maximum atomic E-state index is 6.34. The lowest BCUT2D eigenvalue weighted by Crippen LogP contribution is -2.41. The zero-order chi connectivity index (χ0) is 21.1. The van der Waals surface area contributed by atoms with Crippen molar-refractivity contribution in [1.82, 2.24) is 4.98 Å². The Morgan fingerprint density at radius 2 is 1.15 bits per heavy atom. The minimum atomic E-state index is -1.83. The van der Waals surface area contributed by atoms with Gasteiger partial charge in [0.15, 0.2) is 16.6 Å². The van der Waals surface area contributed by atoms with Gasteiger partial charge in [-0.25, -0.2) is 5.90 Å². The fraction of sp³-hybridized carbons (Fsp3) is 0.750. The average molecular weight is 413 g/mol. The van der Waals surface area contributed by atoms with E-state index in [1.807, 2.05) is 12.1 Å². The molecule has 27 heavy (non-hydrogen) atoms. The third-order valence-corrected chi connectivity index (χ3v) is 15.0. The van der Waals surface area contributed by atoms with Crippen molar-refractivity contribution in [1.29, 1.82) is 0 Å². The largest absolute Gasteiger partial charge is 0.411 e. The van der Waals surface area contributed by atoms with Crippen LogP contribution in [0.3, 0.4) is 0 Å². The fourth-order valence-electron chi connectivity index (χ4n) is 1.99. The second-order valence-corrected chi connectivity index (χ2v) is 20.0. The van der Waals surface area contributed by atoms with E-state index in [0.717, 1.165) is 17.0 Å². The van der Waals surface area contributed by atoms with Crippen LogP contribution >= 0.6 is 0 Å². The molecule has 0 unspecified atom stereocenters. The van der Waals surface area contributed by atoms with E-state index in [-0.39, 0.29) is 10.1 Å². The number of nitrogens with zero attached hydrogens (tertiary/aromatic N) is 1. The van der Waals surface area contributed by atoms with Crippen molar-refractivity contribution in [2.45, 2.75) is 97.6 Å². The molecule has 156 valence electrons. The highest BCUT2D eigenvalue weighted by atomic mass is 28.4. The SMILES string of the molecule is CC(C)(C)[Si](C)(C)OCc1cc(CON)cc(CO[Si](C)(C)C(C)(C)C)n1. The zero-order valence-corrected chi connectivity index (χ0v) is 21.0. The highest BCUT2D eigenvalue weighted by molar-refractivity contribution is 6.74. The van der Waals surface area contributed by atoms with E-state index in [4.69, 9.17) is 24.6 Å². The molecule has 0 aromatic carbocycles. The zero-order valence-electron chi connectivity index (χ0n) is 19.0. The highest BCUT2D eigenvalue weighted by Crippen LogP contribution is 2.38. The van der Waals surface area contributed by atoms with Crippen molar-refractivity contribution in [2.75, 3.05) is 0 Å². The lowest BCUT2D eigenvalue weighted by molar-refractivity contribution is 0.123. The number of rotatable bonds is 8. The predicted molar refractivity (Wildman–Crippen MR) is 117 cm³/mol. The summed E-state index contributed by atoms with van der Waals surface area (Å²) in [6.07, 6.45) is 0. The standard InChI is InChI=1S/C20H40N2O3Si2/c1-19(2,3)26(7,8)24-14-17-11-16(13-23-21)12-18(22-17)15-25-27(9,10)20(4,5)6/h11-12H,13-15,21H2,1-10H3. The first kappa shape index (κ1) is 24.5. The summed E-state index contributed by atoms with van der Waals surface area (Å²) in [5, 5.41) is 0.332. The topological polar surface area (TPSA) is 66.6 Å². The van der Waals surface area contributed by atoms with Gasteiger partial charge in [-0.2, -0.15) is 0 Å². The third-order valence-electron chi connectivity index (χ3n) is 6.02. The number of pyridine rings is 1. The summed E-state index contributed by atoms with van der Waals surface area (Å²) < 4.78 is 12.7. The van der Waals surface area contributed by atoms with E-state index < -0.39 is 16.6 Å². The van der Waals surface area contributed by atoms with Gasteiger partial charge in [0.1, 0.15) is 0 Å². The molecule has 0 saturated carbocycles. The molecule has 1 heterocycles. The quantitative estimate of drug-likeness (QED) is 0.450. The highest BCUT2D eigenvalue weighted by Gasteiger charge is 2.38. The first-order valence-corrected chi connectivity index (χ1v) is 15.5. The van der Waals surface area contributed by atoms with Gasteiger partial charge in [0.2, 0.25) is 0 Å². The maximum absolute atomic E-state index is 6.34. The van der Waals surface area contributed by atoms with Gasteiger partial charge >= 0.3 is 0 Å². The third kappa shape index (κ3) is 7.07. The Hall–Kier alpha value is -0.576. The van der Waals surface area contributed by atoms with Crippen LogP contribution in [0.25, 0.3) is 0 Å². The van der Waals surface area contributed by atoms with E-state index >= 15 is 0 Å². The molecule has 1 aromatic rings. The molecule has 0 spiro atoms. The Balaban J connectivity index is 2.97. The summed E-state index contributed by atoms with van der Waals surface area (Å²) in [4.78, 5) is 9.63. The van der Waals surface area contributed by atoms with Crippen molar-refractivity contribution >= 4 is 16.6 Å². The summed E-state index contributed by atoms with van der Waals surface area (Å²) in [7, 11) is -3.67. The monoisotopic (exact) mass is 412 g/mol. The van der Waals surface area contributed by atoms with Crippen LogP contribution in [0.15, 0.2) is 12.1 Å². The molecule has 7 heteroatoms. The molecule has 1 rings (SSSR count). The molecule has 0 saturated heterocycles. The van der Waals surface area contributed by atoms with Gasteiger partial charge in [-0.05, 0) is 54.0 Å². The van der Waals surface area contributed by atoms with Crippen molar-refractivity contribution in [3.8, 4) is 0 Å². The fourth-order valence-corrected chi connectivity index (χ4v) is 3.87. The number of aromatic nitrogens is 1. The Labute approximate surface area is 168 Å². The molecule has 0 fully saturated rings. The molecule has 0 aliphatic heterocycles. The minimum Gasteiger partial charge on any atom is -0.411 e. The molecule has 0 amide bonds. The van der Waals surface area contributed by atoms with Gasteiger partial charge in [-0.1, -0.05) is 41.5 Å². The van der Waals surface area contributed by atoms with Gasteiger partial charge in [0.25, 0.3) is 0 Å². The molecule has 5 nitrogen and oxygen atoms in total. The van der Waals surface area contributed by atoms with E-state index in [1.54, 1.807) is 0 Å². The van der Waals surface area contributed by atoms with E-state index in [1.165, 1.54) is 0 Å². The summed E-state index contributed by atoms with van der Waals surface area (Å²) >= 11 is 0. The molecule has 0 bridgehead atoms. The van der Waals surface area contributed by atoms with Crippen LogP contribution < -0.4 is 5.90 Å². The molecule has 0 radical (unpaired) electrons. The second kappa shape index (κ2) is 8.84. The Kier molecular flexibility index (Phi) is 8.01. The van der Waals surface area contributed by atoms with E-state index in [0.29, 0.717) is 19.8 Å². The first-order chi connectivity index (χ1) is 12.1. The van der Waals surface area contributed by atoms with Crippen LogP contribution in [-0.4, -0.2) is 21.6 Å². The summed E-state index contributed by atoms with van der Waals surface area (Å²) in [6, 6.07) is 4.02. The molecule has 0 aliphatic rings. The van der Waals surface area contributed by atoms with Crippen molar-refractivity contribution in [3.05, 3.63) is 29.1 Å². The average Bonchev–Trinajstić information content (AvgIpc) is 2.49. The van der Waals surface area contributed by atoms with E-state index in [2.05, 4.69) is 67.7 Å². The Morgan fingerprint density at radius 3 is 1.44 bits per heavy atom. The summed E-state index contributed by atoms with van der Waals surface area (Å²) in [5.74, 6) is 5.29. The number of hydrogen-bond acceptors (Lipinski definition) is 5. The van der Waals surface area contributed by atoms with Crippen LogP contribution in [0.4, 0.5) is 0 Å². The maximum Gasteiger partial charge on any atom is 0.192 e. The van der Waals surface area contributed by atoms with Crippen LogP contribution in [-0.2, 0) is 33.5 Å². The molecular weight excluding hydrogens is 372 g/mol. The number of nitrogens with two attached hydrogens (primary N) is 1. The Morgan fingerprint density at radius 1 is 0.778 bits per heavy atom. The minimum absolute atomic E-state index is 0.166. The van der Waals surface area contributed by atoms with Gasteiger partial charge < -0.3 is 8.85 Å². The summed E-state index contributed by atoms with van der Waals surface area (Å²) in [6.45, 7) is 23.8. The lowest BCUT2D eigenvalue weighted by atomic mass is 10.2. The first-order valence-electron chi connectivity index (χ1n) is 9.67. The van der Waals surface area contributed by atoms with Crippen molar-refractivity contribution in [3.63, 3.8) is 0 Å². The van der Waals surface area contributed by atoms with Gasteiger partial charge in [-0.3, -0.25) is 9.82 Å². The van der Waals surface area contributed by atoms with Gasteiger partial charge in [-0.15, -0.1) is 0 Å². The van der Waals surface area contributed by atoms with Crippen LogP contribution in [0.1, 0.15) is 58.5 Å². The Bertz CT molecular complexity index is 572.